The zero-order chi connectivity index (χ0) is 9.68. The second kappa shape index (κ2) is 5.35. The molecule has 0 amide bonds. The summed E-state index contributed by atoms with van der Waals surface area (Å²) in [6.07, 6.45) is 2.54. The van der Waals surface area contributed by atoms with E-state index in [0.29, 0.717) is 6.54 Å². The van der Waals surface area contributed by atoms with Gasteiger partial charge in [-0.2, -0.15) is 0 Å². The molecule has 1 atom stereocenters. The molecule has 1 aliphatic rings. The molecule has 3 heteroatoms. The summed E-state index contributed by atoms with van der Waals surface area (Å²) in [6.45, 7) is 5.57. The lowest BCUT2D eigenvalue weighted by Gasteiger charge is -2.31. The molecular formula is C10H20N2O. The minimum atomic E-state index is 0.283. The van der Waals surface area contributed by atoms with Crippen LogP contribution in [0.2, 0.25) is 0 Å². The van der Waals surface area contributed by atoms with Crippen molar-refractivity contribution in [3.05, 3.63) is 0 Å². The Morgan fingerprint density at radius 3 is 3.00 bits per heavy atom. The number of Topliss-reactive ketones (excluding diaryl/α,β-unsaturated/α-hetero) is 1. The fourth-order valence-corrected chi connectivity index (χ4v) is 2.07. The SMILES string of the molecule is CNCC1CCCN(CC(C)=O)C1. The van der Waals surface area contributed by atoms with Crippen molar-refractivity contribution in [2.24, 2.45) is 5.92 Å². The highest BCUT2D eigenvalue weighted by molar-refractivity contribution is 5.77. The Bertz CT molecular complexity index is 168. The lowest BCUT2D eigenvalue weighted by molar-refractivity contribution is -0.118. The van der Waals surface area contributed by atoms with Gasteiger partial charge >= 0.3 is 0 Å². The molecule has 1 heterocycles. The van der Waals surface area contributed by atoms with E-state index in [9.17, 15) is 4.79 Å². The molecule has 0 bridgehead atoms. The van der Waals surface area contributed by atoms with Gasteiger partial charge in [-0.3, -0.25) is 9.69 Å². The molecule has 0 aromatic heterocycles. The van der Waals surface area contributed by atoms with Crippen LogP contribution < -0.4 is 5.32 Å². The first-order valence-electron chi connectivity index (χ1n) is 5.08. The third-order valence-corrected chi connectivity index (χ3v) is 2.54. The minimum absolute atomic E-state index is 0.283. The summed E-state index contributed by atoms with van der Waals surface area (Å²) in [5.41, 5.74) is 0. The zero-order valence-corrected chi connectivity index (χ0v) is 8.68. The Morgan fingerprint density at radius 1 is 1.62 bits per heavy atom. The second-order valence-electron chi connectivity index (χ2n) is 4.00. The molecule has 13 heavy (non-hydrogen) atoms. The third-order valence-electron chi connectivity index (χ3n) is 2.54. The lowest BCUT2D eigenvalue weighted by Crippen LogP contribution is -2.41. The number of nitrogens with zero attached hydrogens (tertiary/aromatic N) is 1. The number of likely N-dealkylation sites (tertiary alicyclic amines) is 1. The molecule has 1 N–H and O–H groups in total. The van der Waals surface area contributed by atoms with Gasteiger partial charge in [0.25, 0.3) is 0 Å². The Balaban J connectivity index is 2.28. The number of hydrogen-bond acceptors (Lipinski definition) is 3. The third kappa shape index (κ3) is 3.87. The molecule has 76 valence electrons. The van der Waals surface area contributed by atoms with E-state index in [1.165, 1.54) is 12.8 Å². The molecule has 0 aliphatic carbocycles. The molecule has 1 saturated heterocycles. The average molecular weight is 184 g/mol. The summed E-state index contributed by atoms with van der Waals surface area (Å²) in [7, 11) is 1.99. The molecule has 3 nitrogen and oxygen atoms in total. The molecule has 1 rings (SSSR count). The Kier molecular flexibility index (Phi) is 4.39. The van der Waals surface area contributed by atoms with Crippen molar-refractivity contribution in [3.63, 3.8) is 0 Å². The predicted octanol–water partition coefficient (Wildman–Crippen LogP) is 0.507. The Morgan fingerprint density at radius 2 is 2.38 bits per heavy atom. The summed E-state index contributed by atoms with van der Waals surface area (Å²) >= 11 is 0. The first-order valence-corrected chi connectivity index (χ1v) is 5.08. The quantitative estimate of drug-likeness (QED) is 0.691. The van der Waals surface area contributed by atoms with Crippen LogP contribution in [0.1, 0.15) is 19.8 Å². The van der Waals surface area contributed by atoms with Crippen LogP contribution in [-0.2, 0) is 4.79 Å². The number of piperidine rings is 1. The van der Waals surface area contributed by atoms with Gasteiger partial charge in [0.05, 0.1) is 6.54 Å². The smallest absolute Gasteiger partial charge is 0.143 e. The van der Waals surface area contributed by atoms with Crippen molar-refractivity contribution in [1.29, 1.82) is 0 Å². The number of nitrogens with one attached hydrogen (secondary N) is 1. The Labute approximate surface area is 80.5 Å². The highest BCUT2D eigenvalue weighted by atomic mass is 16.1. The largest absolute Gasteiger partial charge is 0.319 e. The van der Waals surface area contributed by atoms with Gasteiger partial charge < -0.3 is 5.32 Å². The summed E-state index contributed by atoms with van der Waals surface area (Å²) in [4.78, 5) is 13.2. The zero-order valence-electron chi connectivity index (χ0n) is 8.68. The van der Waals surface area contributed by atoms with Gasteiger partial charge in [0.1, 0.15) is 5.78 Å². The molecule has 0 spiro atoms. The fourth-order valence-electron chi connectivity index (χ4n) is 2.07. The Hall–Kier alpha value is -0.410. The number of ketones is 1. The number of carbonyl (C=O) groups excluding carboxylic acids is 1. The van der Waals surface area contributed by atoms with Crippen molar-refractivity contribution >= 4 is 5.78 Å². The normalized spacial score (nSPS) is 24.6. The maximum Gasteiger partial charge on any atom is 0.143 e. The monoisotopic (exact) mass is 184 g/mol. The van der Waals surface area contributed by atoms with Crippen molar-refractivity contribution in [2.75, 3.05) is 33.2 Å². The predicted molar refractivity (Wildman–Crippen MR) is 53.8 cm³/mol. The van der Waals surface area contributed by atoms with Gasteiger partial charge in [-0.05, 0) is 45.8 Å². The van der Waals surface area contributed by atoms with E-state index in [1.807, 2.05) is 7.05 Å². The standard InChI is InChI=1S/C10H20N2O/c1-9(13)7-12-5-3-4-10(8-12)6-11-2/h10-11H,3-8H2,1-2H3. The summed E-state index contributed by atoms with van der Waals surface area (Å²) in [5.74, 6) is 1.02. The van der Waals surface area contributed by atoms with E-state index in [4.69, 9.17) is 0 Å². The van der Waals surface area contributed by atoms with Crippen LogP contribution in [0.25, 0.3) is 0 Å². The van der Waals surface area contributed by atoms with Crippen LogP contribution in [0, 0.1) is 5.92 Å². The molecular weight excluding hydrogens is 164 g/mol. The molecule has 1 fully saturated rings. The van der Waals surface area contributed by atoms with Crippen molar-refractivity contribution in [2.45, 2.75) is 19.8 Å². The molecule has 0 radical (unpaired) electrons. The molecule has 0 aromatic rings. The van der Waals surface area contributed by atoms with Gasteiger partial charge in [0.15, 0.2) is 0 Å². The van der Waals surface area contributed by atoms with Gasteiger partial charge in [-0.15, -0.1) is 0 Å². The second-order valence-corrected chi connectivity index (χ2v) is 4.00. The van der Waals surface area contributed by atoms with E-state index in [2.05, 4.69) is 10.2 Å². The summed E-state index contributed by atoms with van der Waals surface area (Å²) in [5, 5.41) is 3.20. The maximum atomic E-state index is 10.9. The van der Waals surface area contributed by atoms with Crippen LogP contribution in [0.5, 0.6) is 0 Å². The molecule has 0 saturated carbocycles. The number of rotatable bonds is 4. The highest BCUT2D eigenvalue weighted by Crippen LogP contribution is 2.15. The maximum absolute atomic E-state index is 10.9. The first-order chi connectivity index (χ1) is 6.22. The lowest BCUT2D eigenvalue weighted by atomic mass is 9.98. The van der Waals surface area contributed by atoms with Gasteiger partial charge in [-0.25, -0.2) is 0 Å². The highest BCUT2D eigenvalue weighted by Gasteiger charge is 2.19. The van der Waals surface area contributed by atoms with Crippen molar-refractivity contribution in [3.8, 4) is 0 Å². The fraction of sp³-hybridized carbons (Fsp3) is 0.900. The minimum Gasteiger partial charge on any atom is -0.319 e. The average Bonchev–Trinajstić information content (AvgIpc) is 2.04. The van der Waals surface area contributed by atoms with E-state index < -0.39 is 0 Å². The van der Waals surface area contributed by atoms with Crippen LogP contribution in [-0.4, -0.2) is 43.9 Å². The molecule has 1 aliphatic heterocycles. The molecule has 1 unspecified atom stereocenters. The van der Waals surface area contributed by atoms with Crippen LogP contribution in [0.15, 0.2) is 0 Å². The first kappa shape index (κ1) is 10.7. The van der Waals surface area contributed by atoms with E-state index in [0.717, 1.165) is 25.6 Å². The van der Waals surface area contributed by atoms with Gasteiger partial charge in [0.2, 0.25) is 0 Å². The van der Waals surface area contributed by atoms with Crippen LogP contribution in [0.3, 0.4) is 0 Å². The summed E-state index contributed by atoms with van der Waals surface area (Å²) in [6, 6.07) is 0. The van der Waals surface area contributed by atoms with E-state index in [1.54, 1.807) is 6.92 Å². The van der Waals surface area contributed by atoms with Crippen LogP contribution in [0.4, 0.5) is 0 Å². The van der Waals surface area contributed by atoms with E-state index in [-0.39, 0.29) is 5.78 Å². The van der Waals surface area contributed by atoms with Crippen LogP contribution >= 0.6 is 0 Å². The van der Waals surface area contributed by atoms with Gasteiger partial charge in [0, 0.05) is 6.54 Å². The van der Waals surface area contributed by atoms with Crippen molar-refractivity contribution in [1.82, 2.24) is 10.2 Å². The van der Waals surface area contributed by atoms with Crippen molar-refractivity contribution < 1.29 is 4.79 Å². The number of carbonyl (C=O) groups is 1. The summed E-state index contributed by atoms with van der Waals surface area (Å²) < 4.78 is 0. The van der Waals surface area contributed by atoms with Gasteiger partial charge in [-0.1, -0.05) is 0 Å². The van der Waals surface area contributed by atoms with E-state index >= 15 is 0 Å². The molecule has 0 aromatic carbocycles. The topological polar surface area (TPSA) is 32.3 Å². The number of hydrogen-bond donors (Lipinski definition) is 1.